The quantitative estimate of drug-likeness (QED) is 0.275. The Morgan fingerprint density at radius 2 is 1.87 bits per heavy atom. The van der Waals surface area contributed by atoms with Crippen molar-refractivity contribution >= 4 is 18.0 Å². The maximum Gasteiger partial charge on any atom is 0.421 e. The van der Waals surface area contributed by atoms with Crippen LogP contribution in [0.4, 0.5) is 13.2 Å². The van der Waals surface area contributed by atoms with Gasteiger partial charge >= 0.3 is 12.1 Å². The molecule has 2 aromatic rings. The van der Waals surface area contributed by atoms with Crippen LogP contribution >= 0.6 is 0 Å². The highest BCUT2D eigenvalue weighted by Gasteiger charge is 2.61. The minimum atomic E-state index is -4.88. The Balaban J connectivity index is 1.77. The summed E-state index contributed by atoms with van der Waals surface area (Å²) in [7, 11) is 0. The van der Waals surface area contributed by atoms with Crippen LogP contribution < -0.4 is 5.32 Å². The topological polar surface area (TPSA) is 78.9 Å². The molecule has 0 aromatic heterocycles. The van der Waals surface area contributed by atoms with Crippen molar-refractivity contribution in [3.05, 3.63) is 84.0 Å². The molecule has 4 rings (SSSR count). The second-order valence-corrected chi connectivity index (χ2v) is 10.3. The van der Waals surface area contributed by atoms with Crippen molar-refractivity contribution in [3.63, 3.8) is 0 Å². The normalized spacial score (nSPS) is 25.8. The first-order valence-corrected chi connectivity index (χ1v) is 13.0. The highest BCUT2D eigenvalue weighted by Crippen LogP contribution is 2.55. The first-order valence-electron chi connectivity index (χ1n) is 13.0. The Labute approximate surface area is 226 Å². The number of fused-ring (bicyclic) bond motifs is 1. The third-order valence-electron chi connectivity index (χ3n) is 7.81. The van der Waals surface area contributed by atoms with Crippen LogP contribution in [-0.2, 0) is 19.7 Å². The summed E-state index contributed by atoms with van der Waals surface area (Å²) >= 11 is 0. The number of carbonyl (C=O) groups is 2. The van der Waals surface area contributed by atoms with Gasteiger partial charge in [0.15, 0.2) is 0 Å². The van der Waals surface area contributed by atoms with Gasteiger partial charge in [-0.05, 0) is 55.0 Å². The number of likely N-dealkylation sites (tertiary alicyclic amines) is 1. The number of nitrogens with zero attached hydrogens (tertiary/aromatic N) is 1. The summed E-state index contributed by atoms with van der Waals surface area (Å²) in [5.41, 5.74) is -2.17. The average Bonchev–Trinajstić information content (AvgIpc) is 2.87. The molecule has 1 saturated heterocycles. The van der Waals surface area contributed by atoms with E-state index < -0.39 is 40.8 Å². The van der Waals surface area contributed by atoms with Crippen LogP contribution in [0, 0.1) is 0 Å². The van der Waals surface area contributed by atoms with Gasteiger partial charge in [0.05, 0.1) is 6.17 Å². The summed E-state index contributed by atoms with van der Waals surface area (Å²) in [6.45, 7) is 5.57. The van der Waals surface area contributed by atoms with Crippen molar-refractivity contribution in [2.24, 2.45) is 0 Å². The Morgan fingerprint density at radius 1 is 1.15 bits per heavy atom. The minimum absolute atomic E-state index is 0.0310. The smallest absolute Gasteiger partial charge is 0.421 e. The van der Waals surface area contributed by atoms with Gasteiger partial charge in [0.25, 0.3) is 5.91 Å². The number of rotatable bonds is 7. The lowest BCUT2D eigenvalue weighted by Gasteiger charge is -2.60. The zero-order valence-corrected chi connectivity index (χ0v) is 21.8. The monoisotopic (exact) mass is 542 g/mol. The highest BCUT2D eigenvalue weighted by atomic mass is 19.4. The second-order valence-electron chi connectivity index (χ2n) is 10.3. The maximum atomic E-state index is 14.1. The fourth-order valence-corrected chi connectivity index (χ4v) is 6.23. The number of phenolic OH excluding ortho intramolecular Hbond substituents is 1. The highest BCUT2D eigenvalue weighted by molar-refractivity contribution is 5.99. The summed E-state index contributed by atoms with van der Waals surface area (Å²) in [4.78, 5) is 27.4. The van der Waals surface area contributed by atoms with Gasteiger partial charge in [-0.25, -0.2) is 0 Å². The standard InChI is InChI=1S/C30H33F3N2O4/c1-3-16-35-20-29(39-21(2)36)15-8-7-14-28(29,23-12-9-13-24(37)18-23)19-26(35)34-27(38)25(30(31,32)33)17-22-10-5-4-6-11-22/h3-6,9-13,17-18,26,37H,1,7-8,14-16,19-20H2,2H3,(H,34,38)/t26-,28-,29?/m0/s1. The summed E-state index contributed by atoms with van der Waals surface area (Å²) in [5.74, 6) is -1.68. The van der Waals surface area contributed by atoms with Gasteiger partial charge in [-0.2, -0.15) is 13.2 Å². The van der Waals surface area contributed by atoms with Crippen molar-refractivity contribution in [1.29, 1.82) is 0 Å². The van der Waals surface area contributed by atoms with Gasteiger partial charge in [-0.15, -0.1) is 6.58 Å². The predicted molar refractivity (Wildman–Crippen MR) is 142 cm³/mol. The Bertz CT molecular complexity index is 1250. The van der Waals surface area contributed by atoms with Crippen molar-refractivity contribution in [3.8, 4) is 5.75 Å². The molecule has 2 aromatic carbocycles. The van der Waals surface area contributed by atoms with E-state index in [4.69, 9.17) is 4.74 Å². The lowest BCUT2D eigenvalue weighted by Crippen LogP contribution is -2.71. The Kier molecular flexibility index (Phi) is 8.20. The van der Waals surface area contributed by atoms with E-state index in [2.05, 4.69) is 11.9 Å². The minimum Gasteiger partial charge on any atom is -0.508 e. The van der Waals surface area contributed by atoms with Gasteiger partial charge < -0.3 is 15.2 Å². The molecule has 1 aliphatic carbocycles. The van der Waals surface area contributed by atoms with Crippen LogP contribution in [0.1, 0.15) is 50.2 Å². The molecule has 0 bridgehead atoms. The van der Waals surface area contributed by atoms with Gasteiger partial charge in [0.1, 0.15) is 16.9 Å². The average molecular weight is 543 g/mol. The molecule has 9 heteroatoms. The van der Waals surface area contributed by atoms with Gasteiger partial charge in [-0.1, -0.05) is 55.0 Å². The second kappa shape index (κ2) is 11.3. The predicted octanol–water partition coefficient (Wildman–Crippen LogP) is 5.49. The van der Waals surface area contributed by atoms with Crippen molar-refractivity contribution < 1.29 is 32.6 Å². The van der Waals surface area contributed by atoms with Gasteiger partial charge in [0.2, 0.25) is 0 Å². The number of benzene rings is 2. The van der Waals surface area contributed by atoms with Crippen LogP contribution in [0.3, 0.4) is 0 Å². The van der Waals surface area contributed by atoms with Crippen molar-refractivity contribution in [2.75, 3.05) is 13.1 Å². The number of aromatic hydroxyl groups is 1. The first-order chi connectivity index (χ1) is 18.5. The molecular weight excluding hydrogens is 509 g/mol. The van der Waals surface area contributed by atoms with Crippen LogP contribution in [-0.4, -0.2) is 52.9 Å². The zero-order chi connectivity index (χ0) is 28.3. The summed E-state index contributed by atoms with van der Waals surface area (Å²) < 4.78 is 48.3. The number of halogens is 3. The third-order valence-corrected chi connectivity index (χ3v) is 7.81. The van der Waals surface area contributed by atoms with E-state index in [0.717, 1.165) is 24.5 Å². The lowest BCUT2D eigenvalue weighted by molar-refractivity contribution is -0.192. The summed E-state index contributed by atoms with van der Waals surface area (Å²) in [5, 5.41) is 13.0. The molecule has 2 aliphatic rings. The molecule has 1 heterocycles. The molecule has 1 unspecified atom stereocenters. The van der Waals surface area contributed by atoms with Crippen LogP contribution in [0.2, 0.25) is 0 Å². The first kappa shape index (κ1) is 28.4. The molecule has 1 amide bonds. The molecule has 6 nitrogen and oxygen atoms in total. The maximum absolute atomic E-state index is 14.1. The van der Waals surface area contributed by atoms with E-state index in [9.17, 15) is 27.9 Å². The molecule has 0 spiro atoms. The van der Waals surface area contributed by atoms with Crippen molar-refractivity contribution in [2.45, 2.75) is 62.4 Å². The summed E-state index contributed by atoms with van der Waals surface area (Å²) in [6.07, 6.45) is -0.371. The number of piperidine rings is 1. The number of hydrogen-bond donors (Lipinski definition) is 2. The number of alkyl halides is 3. The van der Waals surface area contributed by atoms with Gasteiger partial charge in [-0.3, -0.25) is 14.5 Å². The molecule has 208 valence electrons. The number of phenols is 1. The molecule has 1 saturated carbocycles. The van der Waals surface area contributed by atoms with Crippen molar-refractivity contribution in [1.82, 2.24) is 10.2 Å². The zero-order valence-electron chi connectivity index (χ0n) is 21.8. The fourth-order valence-electron chi connectivity index (χ4n) is 6.23. The van der Waals surface area contributed by atoms with E-state index in [1.807, 2.05) is 6.07 Å². The van der Waals surface area contributed by atoms with Crippen LogP contribution in [0.25, 0.3) is 6.08 Å². The fraction of sp³-hybridized carbons (Fsp3) is 0.400. The van der Waals surface area contributed by atoms with Crippen LogP contribution in [0.15, 0.2) is 72.8 Å². The molecule has 2 fully saturated rings. The Morgan fingerprint density at radius 3 is 2.51 bits per heavy atom. The number of ether oxygens (including phenoxy) is 1. The molecule has 3 atom stereocenters. The van der Waals surface area contributed by atoms with E-state index in [0.29, 0.717) is 12.8 Å². The molecule has 1 aliphatic heterocycles. The van der Waals surface area contributed by atoms with Crippen LogP contribution in [0.5, 0.6) is 5.75 Å². The largest absolute Gasteiger partial charge is 0.508 e. The molecule has 39 heavy (non-hydrogen) atoms. The number of hydrogen-bond acceptors (Lipinski definition) is 5. The number of carbonyl (C=O) groups excluding carboxylic acids is 2. The van der Waals surface area contributed by atoms with Gasteiger partial charge in [0, 0.05) is 25.4 Å². The number of amides is 1. The molecule has 2 N–H and O–H groups in total. The SMILES string of the molecule is C=CCN1CC2(OC(C)=O)CCCC[C@@]2(c2cccc(O)c2)C[C@H]1NC(=O)C(=Cc1ccccc1)C(F)(F)F. The molecular formula is C30H33F3N2O4. The number of nitrogens with one attached hydrogen (secondary N) is 1. The third kappa shape index (κ3) is 5.88. The Hall–Kier alpha value is -3.59. The molecule has 0 radical (unpaired) electrons. The lowest BCUT2D eigenvalue weighted by atomic mass is 9.55. The van der Waals surface area contributed by atoms with E-state index >= 15 is 0 Å². The summed E-state index contributed by atoms with van der Waals surface area (Å²) in [6, 6.07) is 14.5. The number of esters is 1. The van der Waals surface area contributed by atoms with E-state index in [-0.39, 0.29) is 30.8 Å². The van der Waals surface area contributed by atoms with E-state index in [1.165, 1.54) is 25.1 Å². The van der Waals surface area contributed by atoms with E-state index in [1.54, 1.807) is 41.3 Å².